The van der Waals surface area contributed by atoms with E-state index in [1.54, 1.807) is 0 Å². The van der Waals surface area contributed by atoms with E-state index in [2.05, 4.69) is 11.9 Å². The van der Waals surface area contributed by atoms with E-state index >= 15 is 0 Å². The van der Waals surface area contributed by atoms with Crippen LogP contribution in [0.3, 0.4) is 0 Å². The van der Waals surface area contributed by atoms with E-state index < -0.39 is 20.9 Å². The molecule has 0 aromatic carbocycles. The number of hydrogen-bond acceptors (Lipinski definition) is 5. The quantitative estimate of drug-likeness (QED) is 0.452. The SMILES string of the molecule is C=CCNC1(C)C([N+](=O)[O-])=CC=CC1(C)[N+](=O)[O-]. The summed E-state index contributed by atoms with van der Waals surface area (Å²) in [5.74, 6) is 0. The van der Waals surface area contributed by atoms with Gasteiger partial charge in [-0.2, -0.15) is 0 Å². The predicted octanol–water partition coefficient (Wildman–Crippen LogP) is 1.29. The van der Waals surface area contributed by atoms with Crippen LogP contribution in [0, 0.1) is 20.2 Å². The minimum absolute atomic E-state index is 0.231. The molecule has 0 aromatic rings. The van der Waals surface area contributed by atoms with Crippen LogP contribution in [-0.2, 0) is 0 Å². The maximum absolute atomic E-state index is 11.3. The molecular weight excluding hydrogens is 238 g/mol. The summed E-state index contributed by atoms with van der Waals surface area (Å²) in [5, 5.41) is 25.2. The molecule has 0 amide bonds. The average Bonchev–Trinajstić information content (AvgIpc) is 2.29. The Balaban J connectivity index is 3.34. The monoisotopic (exact) mass is 253 g/mol. The van der Waals surface area contributed by atoms with Crippen LogP contribution in [0.25, 0.3) is 0 Å². The Morgan fingerprint density at radius 2 is 2.06 bits per heavy atom. The van der Waals surface area contributed by atoms with Crippen molar-refractivity contribution in [1.82, 2.24) is 5.32 Å². The minimum Gasteiger partial charge on any atom is -0.293 e. The molecule has 0 heterocycles. The van der Waals surface area contributed by atoms with Crippen molar-refractivity contribution in [2.75, 3.05) is 6.54 Å². The smallest absolute Gasteiger partial charge is 0.273 e. The summed E-state index contributed by atoms with van der Waals surface area (Å²) >= 11 is 0. The van der Waals surface area contributed by atoms with Crippen LogP contribution in [0.5, 0.6) is 0 Å². The first-order valence-electron chi connectivity index (χ1n) is 5.34. The summed E-state index contributed by atoms with van der Waals surface area (Å²) < 4.78 is 0. The molecule has 0 saturated heterocycles. The standard InChI is InChI=1S/C11H15N3O4/c1-4-8-12-11(3)9(13(15)16)6-5-7-10(11,2)14(17)18/h4-7,12H,1,8H2,2-3H3. The van der Waals surface area contributed by atoms with Crippen molar-refractivity contribution in [2.45, 2.75) is 24.9 Å². The molecule has 7 nitrogen and oxygen atoms in total. The van der Waals surface area contributed by atoms with Gasteiger partial charge in [-0.1, -0.05) is 12.2 Å². The lowest BCUT2D eigenvalue weighted by Gasteiger charge is -2.37. The summed E-state index contributed by atoms with van der Waals surface area (Å²) in [6, 6.07) is 0. The second-order valence-corrected chi connectivity index (χ2v) is 4.37. The van der Waals surface area contributed by atoms with Gasteiger partial charge in [-0.05, 0) is 13.0 Å². The first-order valence-corrected chi connectivity index (χ1v) is 5.34. The zero-order valence-electron chi connectivity index (χ0n) is 10.3. The minimum atomic E-state index is -1.59. The van der Waals surface area contributed by atoms with Gasteiger partial charge in [0, 0.05) is 24.5 Å². The molecule has 0 saturated carbocycles. The molecule has 7 heteroatoms. The average molecular weight is 253 g/mol. The Hall–Kier alpha value is -2.02. The Kier molecular flexibility index (Phi) is 3.66. The summed E-state index contributed by atoms with van der Waals surface area (Å²) in [7, 11) is 0. The van der Waals surface area contributed by atoms with Gasteiger partial charge >= 0.3 is 0 Å². The molecule has 18 heavy (non-hydrogen) atoms. The lowest BCUT2D eigenvalue weighted by atomic mass is 9.74. The second kappa shape index (κ2) is 4.69. The van der Waals surface area contributed by atoms with E-state index in [4.69, 9.17) is 0 Å². The van der Waals surface area contributed by atoms with E-state index in [1.165, 1.54) is 38.2 Å². The van der Waals surface area contributed by atoms with Crippen molar-refractivity contribution in [2.24, 2.45) is 0 Å². The predicted molar refractivity (Wildman–Crippen MR) is 66.2 cm³/mol. The fourth-order valence-electron chi connectivity index (χ4n) is 1.95. The second-order valence-electron chi connectivity index (χ2n) is 4.37. The van der Waals surface area contributed by atoms with Gasteiger partial charge in [-0.15, -0.1) is 6.58 Å². The molecule has 1 rings (SSSR count). The first-order chi connectivity index (χ1) is 8.29. The van der Waals surface area contributed by atoms with Crippen LogP contribution < -0.4 is 5.32 Å². The zero-order valence-corrected chi connectivity index (χ0v) is 10.3. The molecular formula is C11H15N3O4. The molecule has 2 atom stereocenters. The maximum Gasteiger partial charge on any atom is 0.273 e. The molecule has 98 valence electrons. The molecule has 0 spiro atoms. The van der Waals surface area contributed by atoms with Crippen LogP contribution >= 0.6 is 0 Å². The molecule has 1 aliphatic rings. The maximum atomic E-state index is 11.3. The van der Waals surface area contributed by atoms with Crippen molar-refractivity contribution in [3.63, 3.8) is 0 Å². The van der Waals surface area contributed by atoms with Crippen LogP contribution in [0.2, 0.25) is 0 Å². The van der Waals surface area contributed by atoms with Crippen LogP contribution in [-0.4, -0.2) is 27.5 Å². The highest BCUT2D eigenvalue weighted by molar-refractivity contribution is 5.34. The van der Waals surface area contributed by atoms with Gasteiger partial charge in [0.25, 0.3) is 11.2 Å². The summed E-state index contributed by atoms with van der Waals surface area (Å²) in [4.78, 5) is 21.2. The van der Waals surface area contributed by atoms with E-state index in [-0.39, 0.29) is 12.2 Å². The van der Waals surface area contributed by atoms with Gasteiger partial charge in [0.1, 0.15) is 0 Å². The molecule has 0 aromatic heterocycles. The largest absolute Gasteiger partial charge is 0.293 e. The highest BCUT2D eigenvalue weighted by Crippen LogP contribution is 2.36. The third-order valence-corrected chi connectivity index (χ3v) is 3.38. The molecule has 2 unspecified atom stereocenters. The van der Waals surface area contributed by atoms with Crippen LogP contribution in [0.1, 0.15) is 13.8 Å². The van der Waals surface area contributed by atoms with Crippen molar-refractivity contribution in [1.29, 1.82) is 0 Å². The molecule has 0 aliphatic heterocycles. The fraction of sp³-hybridized carbons (Fsp3) is 0.455. The molecule has 0 bridgehead atoms. The third-order valence-electron chi connectivity index (χ3n) is 3.38. The van der Waals surface area contributed by atoms with E-state index in [0.29, 0.717) is 0 Å². The number of rotatable bonds is 5. The van der Waals surface area contributed by atoms with Gasteiger partial charge in [-0.25, -0.2) is 0 Å². The third kappa shape index (κ3) is 1.92. The lowest BCUT2D eigenvalue weighted by Crippen LogP contribution is -2.65. The van der Waals surface area contributed by atoms with Crippen molar-refractivity contribution >= 4 is 0 Å². The van der Waals surface area contributed by atoms with Gasteiger partial charge in [-0.3, -0.25) is 25.5 Å². The number of nitrogens with zero attached hydrogens (tertiary/aromatic N) is 2. The van der Waals surface area contributed by atoms with Gasteiger partial charge in [0.2, 0.25) is 0 Å². The summed E-state index contributed by atoms with van der Waals surface area (Å²) in [6.45, 7) is 6.55. The fourth-order valence-corrected chi connectivity index (χ4v) is 1.95. The van der Waals surface area contributed by atoms with Gasteiger partial charge in [0.15, 0.2) is 5.54 Å². The van der Waals surface area contributed by atoms with E-state index in [0.717, 1.165) is 0 Å². The van der Waals surface area contributed by atoms with Gasteiger partial charge in [0.05, 0.1) is 4.92 Å². The first kappa shape index (κ1) is 14.0. The Morgan fingerprint density at radius 3 is 2.50 bits per heavy atom. The Bertz CT molecular complexity index is 457. The summed E-state index contributed by atoms with van der Waals surface area (Å²) in [6.07, 6.45) is 5.48. The molecule has 1 N–H and O–H groups in total. The topological polar surface area (TPSA) is 98.3 Å². The van der Waals surface area contributed by atoms with Gasteiger partial charge < -0.3 is 0 Å². The van der Waals surface area contributed by atoms with Crippen molar-refractivity contribution in [3.8, 4) is 0 Å². The van der Waals surface area contributed by atoms with Crippen LogP contribution in [0.4, 0.5) is 0 Å². The zero-order chi connectivity index (χ0) is 14.0. The number of nitro groups is 2. The van der Waals surface area contributed by atoms with Crippen molar-refractivity contribution < 1.29 is 9.85 Å². The number of allylic oxidation sites excluding steroid dienone is 2. The highest BCUT2D eigenvalue weighted by atomic mass is 16.6. The van der Waals surface area contributed by atoms with E-state index in [1.807, 2.05) is 0 Å². The lowest BCUT2D eigenvalue weighted by molar-refractivity contribution is -0.571. The number of hydrogen-bond donors (Lipinski definition) is 1. The Morgan fingerprint density at radius 1 is 1.44 bits per heavy atom. The van der Waals surface area contributed by atoms with Crippen molar-refractivity contribution in [3.05, 3.63) is 56.8 Å². The number of nitrogens with one attached hydrogen (secondary N) is 1. The molecule has 0 fully saturated rings. The van der Waals surface area contributed by atoms with E-state index in [9.17, 15) is 20.2 Å². The van der Waals surface area contributed by atoms with Crippen LogP contribution in [0.15, 0.2) is 36.6 Å². The Labute approximate surface area is 104 Å². The molecule has 0 radical (unpaired) electrons. The highest BCUT2D eigenvalue weighted by Gasteiger charge is 2.61. The normalized spacial score (nSPS) is 30.7. The summed E-state index contributed by atoms with van der Waals surface area (Å²) in [5.41, 5.74) is -3.22. The molecule has 1 aliphatic carbocycles.